The first-order valence-electron chi connectivity index (χ1n) is 7.06. The highest BCUT2D eigenvalue weighted by molar-refractivity contribution is 9.10. The van der Waals surface area contributed by atoms with Gasteiger partial charge in [-0.05, 0) is 36.8 Å². The molecule has 0 radical (unpaired) electrons. The van der Waals surface area contributed by atoms with Crippen molar-refractivity contribution in [2.24, 2.45) is 0 Å². The molecule has 1 unspecified atom stereocenters. The van der Waals surface area contributed by atoms with Crippen molar-refractivity contribution < 1.29 is 14.1 Å². The van der Waals surface area contributed by atoms with Crippen LogP contribution in [0.5, 0.6) is 0 Å². The van der Waals surface area contributed by atoms with Gasteiger partial charge in [0.15, 0.2) is 6.54 Å². The number of hydrogen-bond acceptors (Lipinski definition) is 1. The van der Waals surface area contributed by atoms with E-state index >= 15 is 0 Å². The van der Waals surface area contributed by atoms with E-state index in [1.165, 1.54) is 12.1 Å². The molecule has 22 heavy (non-hydrogen) atoms. The number of amides is 1. The van der Waals surface area contributed by atoms with Crippen LogP contribution in [0.2, 0.25) is 0 Å². The minimum atomic E-state index is -0.251. The van der Waals surface area contributed by atoms with Crippen LogP contribution in [-0.4, -0.2) is 19.5 Å². The van der Waals surface area contributed by atoms with Crippen LogP contribution < -0.4 is 10.2 Å². The van der Waals surface area contributed by atoms with E-state index in [1.54, 1.807) is 6.07 Å². The van der Waals surface area contributed by atoms with Gasteiger partial charge in [-0.25, -0.2) is 4.39 Å². The number of benzene rings is 2. The third kappa shape index (κ3) is 4.93. The van der Waals surface area contributed by atoms with Gasteiger partial charge in [0.2, 0.25) is 0 Å². The van der Waals surface area contributed by atoms with Gasteiger partial charge in [0, 0.05) is 15.7 Å². The molecule has 116 valence electrons. The Morgan fingerprint density at radius 2 is 2.05 bits per heavy atom. The Balaban J connectivity index is 1.89. The summed E-state index contributed by atoms with van der Waals surface area (Å²) in [4.78, 5) is 13.0. The number of anilines is 1. The van der Waals surface area contributed by atoms with E-state index in [0.29, 0.717) is 13.1 Å². The van der Waals surface area contributed by atoms with Crippen LogP contribution in [0.25, 0.3) is 0 Å². The highest BCUT2D eigenvalue weighted by Crippen LogP contribution is 2.20. The lowest BCUT2D eigenvalue weighted by Crippen LogP contribution is -3.08. The summed E-state index contributed by atoms with van der Waals surface area (Å²) in [5.74, 6) is -0.316. The highest BCUT2D eigenvalue weighted by atomic mass is 79.9. The smallest absolute Gasteiger partial charge is 0.279 e. The van der Waals surface area contributed by atoms with Crippen LogP contribution in [-0.2, 0) is 11.3 Å². The van der Waals surface area contributed by atoms with Gasteiger partial charge >= 0.3 is 0 Å². The van der Waals surface area contributed by atoms with E-state index < -0.39 is 0 Å². The summed E-state index contributed by atoms with van der Waals surface area (Å²) in [7, 11) is 1.91. The minimum absolute atomic E-state index is 0.0651. The Hall–Kier alpha value is -1.72. The van der Waals surface area contributed by atoms with Crippen molar-refractivity contribution in [1.82, 2.24) is 0 Å². The maximum absolute atomic E-state index is 13.1. The zero-order valence-electron chi connectivity index (χ0n) is 12.6. The number of rotatable bonds is 5. The fourth-order valence-corrected chi connectivity index (χ4v) is 2.59. The topological polar surface area (TPSA) is 33.5 Å². The van der Waals surface area contributed by atoms with E-state index in [2.05, 4.69) is 21.2 Å². The number of halogens is 2. The molecule has 0 heterocycles. The second kappa shape index (κ2) is 7.51. The van der Waals surface area contributed by atoms with E-state index in [-0.39, 0.29) is 11.7 Å². The van der Waals surface area contributed by atoms with Crippen molar-refractivity contribution in [1.29, 1.82) is 0 Å². The van der Waals surface area contributed by atoms with Gasteiger partial charge in [-0.3, -0.25) is 4.79 Å². The average molecular weight is 366 g/mol. The summed E-state index contributed by atoms with van der Waals surface area (Å²) in [6.07, 6.45) is 0. The molecule has 1 atom stereocenters. The van der Waals surface area contributed by atoms with Gasteiger partial charge in [0.25, 0.3) is 5.91 Å². The van der Waals surface area contributed by atoms with Crippen LogP contribution in [0.1, 0.15) is 11.1 Å². The van der Waals surface area contributed by atoms with E-state index in [1.807, 2.05) is 38.2 Å². The molecule has 0 spiro atoms. The molecule has 0 bridgehead atoms. The zero-order valence-corrected chi connectivity index (χ0v) is 14.2. The van der Waals surface area contributed by atoms with Gasteiger partial charge in [0.1, 0.15) is 12.4 Å². The largest absolute Gasteiger partial charge is 0.326 e. The highest BCUT2D eigenvalue weighted by Gasteiger charge is 2.11. The molecule has 2 aromatic rings. The first-order valence-corrected chi connectivity index (χ1v) is 7.85. The fraction of sp³-hybridized carbons (Fsp3) is 0.235. The number of hydrogen-bond donors (Lipinski definition) is 2. The van der Waals surface area contributed by atoms with Gasteiger partial charge in [-0.15, -0.1) is 0 Å². The van der Waals surface area contributed by atoms with Crippen LogP contribution >= 0.6 is 15.9 Å². The Morgan fingerprint density at radius 1 is 1.27 bits per heavy atom. The van der Waals surface area contributed by atoms with Crippen LogP contribution in [0.3, 0.4) is 0 Å². The summed E-state index contributed by atoms with van der Waals surface area (Å²) >= 11 is 3.45. The van der Waals surface area contributed by atoms with Gasteiger partial charge < -0.3 is 10.2 Å². The lowest BCUT2D eigenvalue weighted by molar-refractivity contribution is -0.885. The third-order valence-electron chi connectivity index (χ3n) is 3.31. The van der Waals surface area contributed by atoms with Crippen LogP contribution in [0, 0.1) is 12.7 Å². The standard InChI is InChI=1S/C17H18BrFN2O/c1-12-6-7-15(9-16(12)18)20-17(22)11-21(2)10-13-4-3-5-14(19)8-13/h3-9H,10-11H2,1-2H3,(H,20,22)/p+1. The van der Waals surface area contributed by atoms with Gasteiger partial charge in [-0.2, -0.15) is 0 Å². The van der Waals surface area contributed by atoms with Crippen LogP contribution in [0.15, 0.2) is 46.9 Å². The Morgan fingerprint density at radius 3 is 2.73 bits per heavy atom. The second-order valence-electron chi connectivity index (χ2n) is 5.45. The summed E-state index contributed by atoms with van der Waals surface area (Å²) in [5.41, 5.74) is 2.76. The molecular formula is C17H19BrFN2O+. The maximum atomic E-state index is 13.1. The quantitative estimate of drug-likeness (QED) is 0.838. The van der Waals surface area contributed by atoms with Crippen molar-refractivity contribution in [2.45, 2.75) is 13.5 Å². The number of carbonyl (C=O) groups is 1. The van der Waals surface area contributed by atoms with Crippen molar-refractivity contribution in [3.63, 3.8) is 0 Å². The summed E-state index contributed by atoms with van der Waals surface area (Å²) < 4.78 is 14.1. The van der Waals surface area contributed by atoms with Crippen molar-refractivity contribution in [3.05, 3.63) is 63.9 Å². The molecule has 3 nitrogen and oxygen atoms in total. The SMILES string of the molecule is Cc1ccc(NC(=O)C[NH+](C)Cc2cccc(F)c2)cc1Br. The number of quaternary nitrogens is 1. The minimum Gasteiger partial charge on any atom is -0.326 e. The Bertz CT molecular complexity index is 675. The molecule has 0 saturated heterocycles. The summed E-state index contributed by atoms with van der Waals surface area (Å²) in [6, 6.07) is 12.2. The third-order valence-corrected chi connectivity index (χ3v) is 4.17. The lowest BCUT2D eigenvalue weighted by Gasteiger charge is -2.14. The molecule has 2 aromatic carbocycles. The van der Waals surface area contributed by atoms with Crippen molar-refractivity contribution in [2.75, 3.05) is 18.9 Å². The van der Waals surface area contributed by atoms with Crippen LogP contribution in [0.4, 0.5) is 10.1 Å². The molecule has 5 heteroatoms. The van der Waals surface area contributed by atoms with E-state index in [4.69, 9.17) is 0 Å². The first kappa shape index (κ1) is 16.6. The molecule has 0 aliphatic heterocycles. The predicted octanol–water partition coefficient (Wildman–Crippen LogP) is 2.55. The normalized spacial score (nSPS) is 12.0. The number of carbonyl (C=O) groups excluding carboxylic acids is 1. The molecule has 0 aromatic heterocycles. The fourth-order valence-electron chi connectivity index (χ4n) is 2.21. The molecule has 0 saturated carbocycles. The van der Waals surface area contributed by atoms with E-state index in [0.717, 1.165) is 26.2 Å². The zero-order chi connectivity index (χ0) is 16.1. The number of nitrogens with one attached hydrogen (secondary N) is 2. The van der Waals surface area contributed by atoms with Crippen molar-refractivity contribution >= 4 is 27.5 Å². The first-order chi connectivity index (χ1) is 10.4. The van der Waals surface area contributed by atoms with Gasteiger partial charge in [-0.1, -0.05) is 34.1 Å². The molecule has 0 fully saturated rings. The summed E-state index contributed by atoms with van der Waals surface area (Å²) in [5, 5.41) is 2.87. The summed E-state index contributed by atoms with van der Waals surface area (Å²) in [6.45, 7) is 2.91. The molecule has 0 aliphatic carbocycles. The van der Waals surface area contributed by atoms with Crippen molar-refractivity contribution in [3.8, 4) is 0 Å². The molecule has 0 aliphatic rings. The Labute approximate surface area is 138 Å². The van der Waals surface area contributed by atoms with E-state index in [9.17, 15) is 9.18 Å². The number of aryl methyl sites for hydroxylation is 1. The predicted molar refractivity (Wildman–Crippen MR) is 89.4 cm³/mol. The average Bonchev–Trinajstić information content (AvgIpc) is 2.42. The Kier molecular flexibility index (Phi) is 5.69. The second-order valence-corrected chi connectivity index (χ2v) is 6.31. The molecule has 1 amide bonds. The monoisotopic (exact) mass is 365 g/mol. The number of likely N-dealkylation sites (N-methyl/N-ethyl adjacent to an activating group) is 1. The molecular weight excluding hydrogens is 347 g/mol. The molecule has 2 rings (SSSR count). The lowest BCUT2D eigenvalue weighted by atomic mass is 10.2. The maximum Gasteiger partial charge on any atom is 0.279 e. The van der Waals surface area contributed by atoms with Gasteiger partial charge in [0.05, 0.1) is 7.05 Å². The molecule has 2 N–H and O–H groups in total.